The molecule has 0 bridgehead atoms. The summed E-state index contributed by atoms with van der Waals surface area (Å²) in [5.41, 5.74) is 2.74. The van der Waals surface area contributed by atoms with Gasteiger partial charge in [-0.1, -0.05) is 41.9 Å². The monoisotopic (exact) mass is 297 g/mol. The topological polar surface area (TPSA) is 40.5 Å². The minimum Gasteiger partial charge on any atom is -0.289 e. The lowest BCUT2D eigenvalue weighted by Gasteiger charge is -2.17. The lowest BCUT2D eigenvalue weighted by Crippen LogP contribution is -2.14. The molecular weight excluding hydrogens is 286 g/mol. The molecule has 0 unspecified atom stereocenters. The van der Waals surface area contributed by atoms with Gasteiger partial charge in [0.2, 0.25) is 0 Å². The van der Waals surface area contributed by atoms with Gasteiger partial charge in [-0.3, -0.25) is 10.0 Å². The molecule has 1 aliphatic carbocycles. The Morgan fingerprint density at radius 2 is 1.71 bits per heavy atom. The second-order valence-electron chi connectivity index (χ2n) is 4.65. The Labute approximate surface area is 127 Å². The van der Waals surface area contributed by atoms with E-state index in [1.54, 1.807) is 30.3 Å². The van der Waals surface area contributed by atoms with Crippen LogP contribution in [-0.4, -0.2) is 11.0 Å². The van der Waals surface area contributed by atoms with E-state index in [1.807, 2.05) is 24.3 Å². The summed E-state index contributed by atoms with van der Waals surface area (Å²) in [6.07, 6.45) is 4.71. The van der Waals surface area contributed by atoms with E-state index in [0.717, 1.165) is 16.2 Å². The summed E-state index contributed by atoms with van der Waals surface area (Å²) in [6.45, 7) is 0. The van der Waals surface area contributed by atoms with Crippen molar-refractivity contribution in [3.05, 3.63) is 77.0 Å². The molecular formula is C17H12ClNO2. The molecule has 104 valence electrons. The number of anilines is 1. The lowest BCUT2D eigenvalue weighted by atomic mass is 9.92. The molecule has 0 aliphatic heterocycles. The Morgan fingerprint density at radius 1 is 1.00 bits per heavy atom. The van der Waals surface area contributed by atoms with Crippen LogP contribution in [0.5, 0.6) is 0 Å². The first-order valence-electron chi connectivity index (χ1n) is 6.42. The number of rotatable bonds is 2. The molecule has 0 aromatic heterocycles. The molecule has 2 aromatic rings. The molecule has 21 heavy (non-hydrogen) atoms. The number of halogens is 1. The van der Waals surface area contributed by atoms with Crippen LogP contribution in [0.2, 0.25) is 5.02 Å². The molecule has 0 saturated carbocycles. The van der Waals surface area contributed by atoms with Crippen molar-refractivity contribution in [3.63, 3.8) is 0 Å². The van der Waals surface area contributed by atoms with Crippen molar-refractivity contribution in [2.24, 2.45) is 0 Å². The Morgan fingerprint density at radius 3 is 2.48 bits per heavy atom. The van der Waals surface area contributed by atoms with E-state index in [-0.39, 0.29) is 5.78 Å². The van der Waals surface area contributed by atoms with E-state index >= 15 is 0 Å². The summed E-state index contributed by atoms with van der Waals surface area (Å²) in [6, 6.07) is 14.3. The summed E-state index contributed by atoms with van der Waals surface area (Å²) >= 11 is 5.82. The quantitative estimate of drug-likeness (QED) is 0.668. The van der Waals surface area contributed by atoms with Gasteiger partial charge in [0.25, 0.3) is 0 Å². The van der Waals surface area contributed by atoms with Gasteiger partial charge in [-0.05, 0) is 41.5 Å². The van der Waals surface area contributed by atoms with E-state index in [9.17, 15) is 10.0 Å². The van der Waals surface area contributed by atoms with E-state index < -0.39 is 0 Å². The molecule has 0 radical (unpaired) electrons. The zero-order valence-corrected chi connectivity index (χ0v) is 11.8. The number of hydroxylamine groups is 1. The van der Waals surface area contributed by atoms with Gasteiger partial charge in [-0.15, -0.1) is 0 Å². The van der Waals surface area contributed by atoms with Crippen LogP contribution in [0.25, 0.3) is 11.6 Å². The number of carbonyl (C=O) groups is 1. The van der Waals surface area contributed by atoms with Crippen LogP contribution in [0.4, 0.5) is 5.69 Å². The Balaban J connectivity index is 2.00. The second kappa shape index (κ2) is 5.56. The van der Waals surface area contributed by atoms with E-state index in [0.29, 0.717) is 16.3 Å². The molecule has 0 fully saturated rings. The van der Waals surface area contributed by atoms with Crippen molar-refractivity contribution >= 4 is 34.7 Å². The van der Waals surface area contributed by atoms with Crippen LogP contribution in [0.3, 0.4) is 0 Å². The van der Waals surface area contributed by atoms with Crippen molar-refractivity contribution in [3.8, 4) is 0 Å². The minimum atomic E-state index is -0.137. The fourth-order valence-corrected chi connectivity index (χ4v) is 2.33. The molecule has 4 heteroatoms. The van der Waals surface area contributed by atoms with Gasteiger partial charge in [-0.25, -0.2) is 5.06 Å². The lowest BCUT2D eigenvalue weighted by molar-refractivity contribution is -0.109. The average molecular weight is 298 g/mol. The molecule has 0 spiro atoms. The third-order valence-electron chi connectivity index (χ3n) is 3.27. The zero-order chi connectivity index (χ0) is 14.8. The molecule has 0 saturated heterocycles. The van der Waals surface area contributed by atoms with Crippen molar-refractivity contribution in [1.29, 1.82) is 0 Å². The van der Waals surface area contributed by atoms with E-state index in [4.69, 9.17) is 11.6 Å². The van der Waals surface area contributed by atoms with Crippen molar-refractivity contribution in [2.75, 3.05) is 5.06 Å². The van der Waals surface area contributed by atoms with Gasteiger partial charge in [0.1, 0.15) is 0 Å². The maximum absolute atomic E-state index is 12.1. The summed E-state index contributed by atoms with van der Waals surface area (Å²) < 4.78 is 0. The molecule has 3 nitrogen and oxygen atoms in total. The Hall–Kier alpha value is -2.36. The zero-order valence-electron chi connectivity index (χ0n) is 11.0. The summed E-state index contributed by atoms with van der Waals surface area (Å²) in [5.74, 6) is -0.137. The number of fused-ring (bicyclic) bond motifs is 1. The SMILES string of the molecule is O=C1C=Cc2ccccc2/C1=C/N(O)c1ccc(Cl)cc1. The molecule has 0 atom stereocenters. The van der Waals surface area contributed by atoms with E-state index in [1.165, 1.54) is 12.3 Å². The van der Waals surface area contributed by atoms with E-state index in [2.05, 4.69) is 0 Å². The fourth-order valence-electron chi connectivity index (χ4n) is 2.20. The van der Waals surface area contributed by atoms with Gasteiger partial charge in [0, 0.05) is 16.8 Å². The number of allylic oxidation sites excluding steroid dienone is 2. The first-order chi connectivity index (χ1) is 10.1. The first-order valence-corrected chi connectivity index (χ1v) is 6.80. The number of hydrogen-bond donors (Lipinski definition) is 1. The van der Waals surface area contributed by atoms with Crippen LogP contribution < -0.4 is 5.06 Å². The van der Waals surface area contributed by atoms with Gasteiger partial charge in [-0.2, -0.15) is 0 Å². The van der Waals surface area contributed by atoms with Gasteiger partial charge in [0.05, 0.1) is 5.69 Å². The first kappa shape index (κ1) is 13.6. The van der Waals surface area contributed by atoms with Crippen molar-refractivity contribution in [2.45, 2.75) is 0 Å². The number of nitrogens with zero attached hydrogens (tertiary/aromatic N) is 1. The third kappa shape index (κ3) is 2.75. The summed E-state index contributed by atoms with van der Waals surface area (Å²) in [7, 11) is 0. The highest BCUT2D eigenvalue weighted by Gasteiger charge is 2.17. The number of carbonyl (C=O) groups excluding carboxylic acids is 1. The number of ketones is 1. The number of benzene rings is 2. The third-order valence-corrected chi connectivity index (χ3v) is 3.53. The smallest absolute Gasteiger partial charge is 0.188 e. The minimum absolute atomic E-state index is 0.137. The maximum Gasteiger partial charge on any atom is 0.188 e. The predicted molar refractivity (Wildman–Crippen MR) is 84.2 cm³/mol. The Kier molecular flexibility index (Phi) is 3.60. The van der Waals surface area contributed by atoms with Crippen LogP contribution >= 0.6 is 11.6 Å². The van der Waals surface area contributed by atoms with Crippen LogP contribution in [0, 0.1) is 0 Å². The molecule has 3 rings (SSSR count). The summed E-state index contributed by atoms with van der Waals surface area (Å²) in [5, 5.41) is 11.7. The molecule has 1 N–H and O–H groups in total. The molecule has 0 amide bonds. The average Bonchev–Trinajstić information content (AvgIpc) is 2.51. The highest BCUT2D eigenvalue weighted by atomic mass is 35.5. The molecule has 0 heterocycles. The van der Waals surface area contributed by atoms with Crippen molar-refractivity contribution < 1.29 is 10.0 Å². The second-order valence-corrected chi connectivity index (χ2v) is 5.09. The van der Waals surface area contributed by atoms with Gasteiger partial charge >= 0.3 is 0 Å². The van der Waals surface area contributed by atoms with Gasteiger partial charge in [0.15, 0.2) is 5.78 Å². The normalized spacial score (nSPS) is 15.1. The highest BCUT2D eigenvalue weighted by molar-refractivity contribution is 6.31. The Bertz CT molecular complexity index is 748. The van der Waals surface area contributed by atoms with Crippen molar-refractivity contribution in [1.82, 2.24) is 0 Å². The van der Waals surface area contributed by atoms with Crippen LogP contribution in [-0.2, 0) is 4.79 Å². The fraction of sp³-hybridized carbons (Fsp3) is 0. The van der Waals surface area contributed by atoms with Crippen LogP contribution in [0.1, 0.15) is 11.1 Å². The predicted octanol–water partition coefficient (Wildman–Crippen LogP) is 4.17. The summed E-state index contributed by atoms with van der Waals surface area (Å²) in [4.78, 5) is 12.1. The standard InChI is InChI=1S/C17H12ClNO2/c18-13-6-8-14(9-7-13)19(21)11-16-15-4-2-1-3-12(15)5-10-17(16)20/h1-11,21H/b16-11-. The highest BCUT2D eigenvalue weighted by Crippen LogP contribution is 2.27. The molecule has 2 aromatic carbocycles. The number of hydrogen-bond acceptors (Lipinski definition) is 3. The largest absolute Gasteiger partial charge is 0.289 e. The maximum atomic E-state index is 12.1. The van der Waals surface area contributed by atoms with Crippen LogP contribution in [0.15, 0.2) is 60.8 Å². The van der Waals surface area contributed by atoms with Gasteiger partial charge < -0.3 is 0 Å². The molecule has 1 aliphatic rings.